The maximum absolute atomic E-state index is 13.5. The van der Waals surface area contributed by atoms with Crippen LogP contribution in [0.2, 0.25) is 0 Å². The quantitative estimate of drug-likeness (QED) is 0.170. The zero-order valence-electron chi connectivity index (χ0n) is 16.6. The second kappa shape index (κ2) is 8.47. The molecule has 0 aromatic heterocycles. The second-order valence-electron chi connectivity index (χ2n) is 7.16. The van der Waals surface area contributed by atoms with Crippen molar-refractivity contribution in [1.82, 2.24) is 0 Å². The number of aromatic hydroxyl groups is 1. The van der Waals surface area contributed by atoms with Crippen molar-refractivity contribution in [2.24, 2.45) is 0 Å². The van der Waals surface area contributed by atoms with Crippen LogP contribution in [0.15, 0.2) is 76.8 Å². The maximum atomic E-state index is 13.5. The summed E-state index contributed by atoms with van der Waals surface area (Å²) in [5.74, 6) is -3.66. The molecule has 0 spiro atoms. The number of aliphatic hydroxyl groups excluding tert-OH is 1. The number of nitrogens with zero attached hydrogens (tertiary/aromatic N) is 2. The average Bonchev–Trinajstić information content (AvgIpc) is 3.05. The molecule has 8 nitrogen and oxygen atoms in total. The highest BCUT2D eigenvalue weighted by Crippen LogP contribution is 2.44. The molecule has 0 saturated carbocycles. The minimum Gasteiger partial charge on any atom is -0.507 e. The summed E-state index contributed by atoms with van der Waals surface area (Å²) in [7, 11) is 0. The lowest BCUT2D eigenvalue weighted by Crippen LogP contribution is -2.29. The van der Waals surface area contributed by atoms with Gasteiger partial charge in [-0.2, -0.15) is 0 Å². The zero-order chi connectivity index (χ0) is 23.9. The highest BCUT2D eigenvalue weighted by molar-refractivity contribution is 9.10. The van der Waals surface area contributed by atoms with E-state index in [4.69, 9.17) is 0 Å². The van der Waals surface area contributed by atoms with Gasteiger partial charge in [-0.15, -0.1) is 0 Å². The number of hydrogen-bond donors (Lipinski definition) is 2. The number of carbonyl (C=O) groups is 2. The van der Waals surface area contributed by atoms with Crippen LogP contribution in [0.3, 0.4) is 0 Å². The van der Waals surface area contributed by atoms with Gasteiger partial charge in [0.1, 0.15) is 11.6 Å². The number of aliphatic hydroxyl groups is 1. The number of amides is 1. The van der Waals surface area contributed by atoms with E-state index in [0.717, 1.165) is 33.6 Å². The number of nitro benzene ring substituents is 1. The number of ketones is 1. The summed E-state index contributed by atoms with van der Waals surface area (Å²) >= 11 is 3.28. The third-order valence-electron chi connectivity index (χ3n) is 5.18. The molecule has 33 heavy (non-hydrogen) atoms. The molecule has 1 amide bonds. The van der Waals surface area contributed by atoms with Gasteiger partial charge in [-0.1, -0.05) is 34.1 Å². The number of Topliss-reactive ketones (excluding diaryl/α,β-unsaturated/α-hetero) is 1. The molecule has 1 aliphatic heterocycles. The summed E-state index contributed by atoms with van der Waals surface area (Å²) < 4.78 is 14.2. The monoisotopic (exact) mass is 512 g/mol. The molecule has 0 bridgehead atoms. The van der Waals surface area contributed by atoms with E-state index in [-0.39, 0.29) is 22.4 Å². The molecule has 4 rings (SSSR count). The van der Waals surface area contributed by atoms with Crippen LogP contribution < -0.4 is 4.90 Å². The van der Waals surface area contributed by atoms with E-state index in [0.29, 0.717) is 0 Å². The highest BCUT2D eigenvalue weighted by Gasteiger charge is 2.47. The maximum Gasteiger partial charge on any atom is 0.311 e. The predicted molar refractivity (Wildman–Crippen MR) is 120 cm³/mol. The molecule has 0 radical (unpaired) electrons. The lowest BCUT2D eigenvalue weighted by atomic mass is 9.94. The van der Waals surface area contributed by atoms with Crippen molar-refractivity contribution < 1.29 is 29.1 Å². The van der Waals surface area contributed by atoms with Crippen molar-refractivity contribution in [2.75, 3.05) is 4.90 Å². The summed E-state index contributed by atoms with van der Waals surface area (Å²) in [6, 6.07) is 13.2. The number of hydrogen-bond acceptors (Lipinski definition) is 6. The Morgan fingerprint density at radius 1 is 1.03 bits per heavy atom. The lowest BCUT2D eigenvalue weighted by Gasteiger charge is -2.25. The molecule has 2 N–H and O–H groups in total. The molecule has 3 aromatic carbocycles. The Hall–Kier alpha value is -4.05. The molecular formula is C23H14BrFN2O6. The molecule has 1 unspecified atom stereocenters. The van der Waals surface area contributed by atoms with Crippen LogP contribution in [-0.4, -0.2) is 26.8 Å². The van der Waals surface area contributed by atoms with Crippen LogP contribution in [0, 0.1) is 15.9 Å². The summed E-state index contributed by atoms with van der Waals surface area (Å²) in [5, 5.41) is 32.2. The van der Waals surface area contributed by atoms with Crippen LogP contribution in [0.4, 0.5) is 15.8 Å². The first-order valence-corrected chi connectivity index (χ1v) is 10.3. The standard InChI is InChI=1S/C23H14BrFN2O6/c24-14-4-1-12(2-5-14)21(29)19-20(13-3-10-18(28)17(11-13)27(32)33)26(23(31)22(19)30)16-8-6-15(25)7-9-16/h1-11,20,28-29H/b21-19-. The van der Waals surface area contributed by atoms with Crippen LogP contribution in [0.5, 0.6) is 5.75 Å². The average molecular weight is 513 g/mol. The fourth-order valence-corrected chi connectivity index (χ4v) is 3.90. The fraction of sp³-hybridized carbons (Fsp3) is 0.0435. The second-order valence-corrected chi connectivity index (χ2v) is 8.07. The third-order valence-corrected chi connectivity index (χ3v) is 5.71. The van der Waals surface area contributed by atoms with Crippen molar-refractivity contribution in [2.45, 2.75) is 6.04 Å². The smallest absolute Gasteiger partial charge is 0.311 e. The predicted octanol–water partition coefficient (Wildman–Crippen LogP) is 4.83. The molecule has 3 aromatic rings. The van der Waals surface area contributed by atoms with Gasteiger partial charge >= 0.3 is 5.69 Å². The number of phenolic OH excluding ortho intramolecular Hbond substituents is 1. The van der Waals surface area contributed by atoms with Crippen molar-refractivity contribution in [3.05, 3.63) is 104 Å². The normalized spacial score (nSPS) is 17.4. The summed E-state index contributed by atoms with van der Waals surface area (Å²) in [5.41, 5.74) is -0.447. The number of phenols is 1. The van der Waals surface area contributed by atoms with Crippen LogP contribution in [-0.2, 0) is 9.59 Å². The topological polar surface area (TPSA) is 121 Å². The summed E-state index contributed by atoms with van der Waals surface area (Å²) in [4.78, 5) is 37.6. The Morgan fingerprint density at radius 3 is 2.27 bits per heavy atom. The van der Waals surface area contributed by atoms with E-state index in [1.807, 2.05) is 0 Å². The molecule has 1 saturated heterocycles. The molecule has 1 aliphatic rings. The van der Waals surface area contributed by atoms with Crippen molar-refractivity contribution in [3.63, 3.8) is 0 Å². The Balaban J connectivity index is 1.98. The summed E-state index contributed by atoms with van der Waals surface area (Å²) in [6.07, 6.45) is 0. The van der Waals surface area contributed by atoms with Gasteiger partial charge in [0.05, 0.1) is 16.5 Å². The van der Waals surface area contributed by atoms with Gasteiger partial charge in [0.25, 0.3) is 11.7 Å². The van der Waals surface area contributed by atoms with Crippen LogP contribution >= 0.6 is 15.9 Å². The largest absolute Gasteiger partial charge is 0.507 e. The van der Waals surface area contributed by atoms with E-state index in [1.54, 1.807) is 12.1 Å². The van der Waals surface area contributed by atoms with E-state index in [2.05, 4.69) is 15.9 Å². The minimum atomic E-state index is -1.27. The van der Waals surface area contributed by atoms with Gasteiger partial charge in [-0.3, -0.25) is 24.6 Å². The van der Waals surface area contributed by atoms with Gasteiger partial charge in [0.15, 0.2) is 5.75 Å². The first-order valence-electron chi connectivity index (χ1n) is 9.49. The Kier molecular flexibility index (Phi) is 5.69. The molecule has 0 aliphatic carbocycles. The molecule has 1 atom stereocenters. The Bertz CT molecular complexity index is 1320. The number of nitro groups is 1. The molecule has 1 fully saturated rings. The van der Waals surface area contributed by atoms with Gasteiger partial charge in [-0.05, 0) is 48.0 Å². The fourth-order valence-electron chi connectivity index (χ4n) is 3.64. The van der Waals surface area contributed by atoms with Gasteiger partial charge in [0.2, 0.25) is 0 Å². The SMILES string of the molecule is O=C1C(=O)N(c2ccc(F)cc2)C(c2ccc(O)c([N+](=O)[O-])c2)/C1=C(/O)c1ccc(Br)cc1. The molecule has 166 valence electrons. The van der Waals surface area contributed by atoms with Gasteiger partial charge in [0, 0.05) is 21.8 Å². The van der Waals surface area contributed by atoms with E-state index in [9.17, 15) is 34.3 Å². The van der Waals surface area contributed by atoms with Crippen molar-refractivity contribution in [1.29, 1.82) is 0 Å². The van der Waals surface area contributed by atoms with Crippen molar-refractivity contribution in [3.8, 4) is 5.75 Å². The van der Waals surface area contributed by atoms with Gasteiger partial charge in [-0.25, -0.2) is 4.39 Å². The number of rotatable bonds is 4. The van der Waals surface area contributed by atoms with Gasteiger partial charge < -0.3 is 10.2 Å². The summed E-state index contributed by atoms with van der Waals surface area (Å²) in [6.45, 7) is 0. The van der Waals surface area contributed by atoms with E-state index < -0.39 is 45.7 Å². The minimum absolute atomic E-state index is 0.0988. The first kappa shape index (κ1) is 22.2. The number of carbonyl (C=O) groups excluding carboxylic acids is 2. The number of benzene rings is 3. The van der Waals surface area contributed by atoms with Crippen LogP contribution in [0.1, 0.15) is 17.2 Å². The number of halogens is 2. The molecular weight excluding hydrogens is 499 g/mol. The Morgan fingerprint density at radius 2 is 1.67 bits per heavy atom. The zero-order valence-corrected chi connectivity index (χ0v) is 18.2. The lowest BCUT2D eigenvalue weighted by molar-refractivity contribution is -0.385. The molecule has 1 heterocycles. The van der Waals surface area contributed by atoms with Crippen molar-refractivity contribution >= 4 is 44.8 Å². The Labute approximate surface area is 194 Å². The van der Waals surface area contributed by atoms with E-state index >= 15 is 0 Å². The number of anilines is 1. The van der Waals surface area contributed by atoms with E-state index in [1.165, 1.54) is 30.3 Å². The highest BCUT2D eigenvalue weighted by atomic mass is 79.9. The molecule has 10 heteroatoms. The van der Waals surface area contributed by atoms with Crippen LogP contribution in [0.25, 0.3) is 5.76 Å². The third kappa shape index (κ3) is 3.96. The first-order chi connectivity index (χ1) is 15.7.